The molecule has 100 valence electrons. The zero-order chi connectivity index (χ0) is 13.1. The highest BCUT2D eigenvalue weighted by Crippen LogP contribution is 2.30. The molecule has 0 aromatic carbocycles. The minimum Gasteiger partial charge on any atom is -0.463 e. The SMILES string of the molecule is COC(=O)c1ccc(C(C)N(C)CC2CCC2)o1. The summed E-state index contributed by atoms with van der Waals surface area (Å²) < 4.78 is 10.2. The molecule has 1 aromatic heterocycles. The Hall–Kier alpha value is -1.29. The van der Waals surface area contributed by atoms with E-state index in [0.717, 1.165) is 18.2 Å². The fourth-order valence-electron chi connectivity index (χ4n) is 2.25. The lowest BCUT2D eigenvalue weighted by atomic mass is 9.85. The number of hydrogen-bond acceptors (Lipinski definition) is 4. The molecule has 2 rings (SSSR count). The van der Waals surface area contributed by atoms with Crippen LogP contribution in [0.2, 0.25) is 0 Å². The van der Waals surface area contributed by atoms with Gasteiger partial charge in [-0.2, -0.15) is 0 Å². The van der Waals surface area contributed by atoms with Gasteiger partial charge in [-0.3, -0.25) is 4.90 Å². The fraction of sp³-hybridized carbons (Fsp3) is 0.643. The van der Waals surface area contributed by atoms with Crippen LogP contribution in [0.25, 0.3) is 0 Å². The molecular formula is C14H21NO3. The molecule has 1 aromatic rings. The lowest BCUT2D eigenvalue weighted by Gasteiger charge is -2.32. The van der Waals surface area contributed by atoms with Crippen molar-refractivity contribution in [2.75, 3.05) is 20.7 Å². The van der Waals surface area contributed by atoms with Crippen molar-refractivity contribution in [3.8, 4) is 0 Å². The largest absolute Gasteiger partial charge is 0.463 e. The van der Waals surface area contributed by atoms with E-state index in [9.17, 15) is 4.79 Å². The van der Waals surface area contributed by atoms with Crippen LogP contribution >= 0.6 is 0 Å². The third kappa shape index (κ3) is 2.75. The first kappa shape index (κ1) is 13.1. The average molecular weight is 251 g/mol. The number of esters is 1. The number of hydrogen-bond donors (Lipinski definition) is 0. The molecule has 0 spiro atoms. The number of carbonyl (C=O) groups is 1. The second kappa shape index (κ2) is 5.57. The Morgan fingerprint density at radius 1 is 1.56 bits per heavy atom. The van der Waals surface area contributed by atoms with Gasteiger partial charge in [-0.1, -0.05) is 6.42 Å². The maximum atomic E-state index is 11.3. The lowest BCUT2D eigenvalue weighted by molar-refractivity contribution is 0.0558. The van der Waals surface area contributed by atoms with Crippen molar-refractivity contribution in [2.24, 2.45) is 5.92 Å². The number of ether oxygens (including phenoxy) is 1. The minimum absolute atomic E-state index is 0.184. The van der Waals surface area contributed by atoms with Crippen LogP contribution in [0.3, 0.4) is 0 Å². The van der Waals surface area contributed by atoms with Crippen molar-refractivity contribution < 1.29 is 13.9 Å². The molecule has 1 fully saturated rings. The molecule has 4 heteroatoms. The summed E-state index contributed by atoms with van der Waals surface area (Å²) in [6.45, 7) is 3.19. The third-order valence-corrected chi connectivity index (χ3v) is 3.86. The van der Waals surface area contributed by atoms with Gasteiger partial charge in [0.15, 0.2) is 0 Å². The van der Waals surface area contributed by atoms with Crippen LogP contribution < -0.4 is 0 Å². The first-order chi connectivity index (χ1) is 8.61. The molecule has 1 heterocycles. The molecule has 0 radical (unpaired) electrons. The molecule has 18 heavy (non-hydrogen) atoms. The van der Waals surface area contributed by atoms with E-state index in [1.54, 1.807) is 6.07 Å². The van der Waals surface area contributed by atoms with Crippen molar-refractivity contribution in [2.45, 2.75) is 32.2 Å². The van der Waals surface area contributed by atoms with Crippen LogP contribution in [0.4, 0.5) is 0 Å². The Bertz CT molecular complexity index is 409. The van der Waals surface area contributed by atoms with E-state index in [4.69, 9.17) is 4.42 Å². The van der Waals surface area contributed by atoms with Gasteiger partial charge in [0.05, 0.1) is 13.2 Å². The van der Waals surface area contributed by atoms with Gasteiger partial charge in [-0.15, -0.1) is 0 Å². The summed E-state index contributed by atoms with van der Waals surface area (Å²) in [6.07, 6.45) is 4.03. The molecule has 0 N–H and O–H groups in total. The van der Waals surface area contributed by atoms with E-state index >= 15 is 0 Å². The Morgan fingerprint density at radius 3 is 2.83 bits per heavy atom. The second-order valence-electron chi connectivity index (χ2n) is 5.11. The number of methoxy groups -OCH3 is 1. The standard InChI is InChI=1S/C14H21NO3/c1-10(15(2)9-11-5-4-6-11)12-7-8-13(18-12)14(16)17-3/h7-8,10-11H,4-6,9H2,1-3H3. The molecule has 1 aliphatic carbocycles. The van der Waals surface area contributed by atoms with Crippen LogP contribution in [-0.4, -0.2) is 31.6 Å². The van der Waals surface area contributed by atoms with E-state index in [1.165, 1.54) is 26.4 Å². The lowest BCUT2D eigenvalue weighted by Crippen LogP contribution is -2.31. The van der Waals surface area contributed by atoms with Crippen LogP contribution in [0.15, 0.2) is 16.5 Å². The van der Waals surface area contributed by atoms with Crippen molar-refractivity contribution >= 4 is 5.97 Å². The Balaban J connectivity index is 1.96. The van der Waals surface area contributed by atoms with E-state index in [1.807, 2.05) is 6.07 Å². The van der Waals surface area contributed by atoms with E-state index in [2.05, 4.69) is 23.6 Å². The Morgan fingerprint density at radius 2 is 2.28 bits per heavy atom. The zero-order valence-electron chi connectivity index (χ0n) is 11.3. The molecule has 4 nitrogen and oxygen atoms in total. The highest BCUT2D eigenvalue weighted by atomic mass is 16.5. The van der Waals surface area contributed by atoms with Gasteiger partial charge >= 0.3 is 5.97 Å². The Kier molecular flexibility index (Phi) is 4.07. The number of rotatable bonds is 5. The van der Waals surface area contributed by atoms with Crippen molar-refractivity contribution in [3.05, 3.63) is 23.7 Å². The molecular weight excluding hydrogens is 230 g/mol. The highest BCUT2D eigenvalue weighted by molar-refractivity contribution is 5.86. The molecule has 0 amide bonds. The van der Waals surface area contributed by atoms with Crippen molar-refractivity contribution in [1.82, 2.24) is 4.90 Å². The smallest absolute Gasteiger partial charge is 0.373 e. The maximum Gasteiger partial charge on any atom is 0.373 e. The van der Waals surface area contributed by atoms with Crippen LogP contribution in [-0.2, 0) is 4.74 Å². The monoisotopic (exact) mass is 251 g/mol. The van der Waals surface area contributed by atoms with Crippen LogP contribution in [0.1, 0.15) is 48.5 Å². The molecule has 0 aliphatic heterocycles. The summed E-state index contributed by atoms with van der Waals surface area (Å²) >= 11 is 0. The third-order valence-electron chi connectivity index (χ3n) is 3.86. The molecule has 0 bridgehead atoms. The average Bonchev–Trinajstić information content (AvgIpc) is 2.81. The van der Waals surface area contributed by atoms with Gasteiger partial charge in [-0.25, -0.2) is 4.79 Å². The Labute approximate surface area is 108 Å². The zero-order valence-corrected chi connectivity index (χ0v) is 11.3. The molecule has 1 atom stereocenters. The quantitative estimate of drug-likeness (QED) is 0.755. The summed E-state index contributed by atoms with van der Waals surface area (Å²) in [6, 6.07) is 3.72. The number of nitrogens with zero attached hydrogens (tertiary/aromatic N) is 1. The maximum absolute atomic E-state index is 11.3. The van der Waals surface area contributed by atoms with Gasteiger partial charge in [0, 0.05) is 6.54 Å². The summed E-state index contributed by atoms with van der Waals surface area (Å²) in [5.74, 6) is 1.50. The first-order valence-corrected chi connectivity index (χ1v) is 6.50. The van der Waals surface area contributed by atoms with Crippen molar-refractivity contribution in [3.63, 3.8) is 0 Å². The van der Waals surface area contributed by atoms with Gasteiger partial charge in [0.25, 0.3) is 0 Å². The fourth-order valence-corrected chi connectivity index (χ4v) is 2.25. The summed E-state index contributed by atoms with van der Waals surface area (Å²) in [4.78, 5) is 13.6. The molecule has 1 saturated carbocycles. The van der Waals surface area contributed by atoms with Crippen LogP contribution in [0.5, 0.6) is 0 Å². The minimum atomic E-state index is -0.421. The highest BCUT2D eigenvalue weighted by Gasteiger charge is 2.23. The summed E-state index contributed by atoms with van der Waals surface area (Å²) in [7, 11) is 3.46. The van der Waals surface area contributed by atoms with Crippen LogP contribution in [0, 0.1) is 5.92 Å². The first-order valence-electron chi connectivity index (χ1n) is 6.50. The van der Waals surface area contributed by atoms with Gasteiger partial charge in [0.1, 0.15) is 5.76 Å². The molecule has 0 saturated heterocycles. The predicted octanol–water partition coefficient (Wildman–Crippen LogP) is 2.86. The van der Waals surface area contributed by atoms with Gasteiger partial charge < -0.3 is 9.15 Å². The number of carbonyl (C=O) groups excluding carboxylic acids is 1. The number of furan rings is 1. The van der Waals surface area contributed by atoms with E-state index in [0.29, 0.717) is 0 Å². The normalized spacial score (nSPS) is 17.6. The molecule has 1 aliphatic rings. The summed E-state index contributed by atoms with van der Waals surface area (Å²) in [5, 5.41) is 0. The van der Waals surface area contributed by atoms with E-state index < -0.39 is 5.97 Å². The molecule has 1 unspecified atom stereocenters. The second-order valence-corrected chi connectivity index (χ2v) is 5.11. The van der Waals surface area contributed by atoms with Gasteiger partial charge in [-0.05, 0) is 44.9 Å². The van der Waals surface area contributed by atoms with Gasteiger partial charge in [0.2, 0.25) is 5.76 Å². The summed E-state index contributed by atoms with van der Waals surface area (Å²) in [5.41, 5.74) is 0. The van der Waals surface area contributed by atoms with Crippen molar-refractivity contribution in [1.29, 1.82) is 0 Å². The topological polar surface area (TPSA) is 42.7 Å². The van der Waals surface area contributed by atoms with E-state index in [-0.39, 0.29) is 11.8 Å². The predicted molar refractivity (Wildman–Crippen MR) is 68.4 cm³/mol.